The summed E-state index contributed by atoms with van der Waals surface area (Å²) in [6.45, 7) is 4.32. The maximum absolute atomic E-state index is 2.16. The van der Waals surface area contributed by atoms with Crippen molar-refractivity contribution in [2.75, 3.05) is 0 Å². The quantitative estimate of drug-likeness (QED) is 0.695. The fourth-order valence-corrected chi connectivity index (χ4v) is 1.30. The van der Waals surface area contributed by atoms with Crippen LogP contribution in [0.15, 0.2) is 48.5 Å². The van der Waals surface area contributed by atoms with E-state index in [2.05, 4.69) is 62.4 Å². The predicted octanol–water partition coefficient (Wildman–Crippen LogP) is 3.93. The van der Waals surface area contributed by atoms with E-state index in [4.69, 9.17) is 0 Å². The molecule has 2 aromatic rings. The summed E-state index contributed by atoms with van der Waals surface area (Å²) in [6.07, 6.45) is 2.32. The Balaban J connectivity index is 0.000000245. The predicted molar refractivity (Wildman–Crippen MR) is 62.8 cm³/mol. The van der Waals surface area contributed by atoms with Crippen LogP contribution in [0.1, 0.15) is 25.0 Å². The van der Waals surface area contributed by atoms with E-state index in [1.807, 2.05) is 0 Å². The minimum atomic E-state index is 0. The Morgan fingerprint density at radius 2 is 0.933 bits per heavy atom. The molecule has 80 valence electrons. The third-order valence-electron chi connectivity index (χ3n) is 2.28. The number of aryl methyl sites for hydroxylation is 2. The van der Waals surface area contributed by atoms with Gasteiger partial charge < -0.3 is 0 Å². The molecular weight excluding hydrogens is 220 g/mol. The first-order chi connectivity index (χ1) is 6.86. The summed E-state index contributed by atoms with van der Waals surface area (Å²) >= 11 is 0. The third kappa shape index (κ3) is 5.62. The van der Waals surface area contributed by atoms with Crippen LogP contribution in [0.4, 0.5) is 0 Å². The largest absolute Gasteiger partial charge is 2.00 e. The van der Waals surface area contributed by atoms with Crippen molar-refractivity contribution in [3.05, 3.63) is 59.7 Å². The molecule has 0 N–H and O–H groups in total. The van der Waals surface area contributed by atoms with Crippen LogP contribution in [-0.4, -0.2) is 0 Å². The molecule has 0 aliphatic heterocycles. The summed E-state index contributed by atoms with van der Waals surface area (Å²) < 4.78 is 0. The molecule has 15 heavy (non-hydrogen) atoms. The van der Waals surface area contributed by atoms with Crippen LogP contribution >= 0.6 is 0 Å². The first kappa shape index (κ1) is 14.2. The van der Waals surface area contributed by atoms with E-state index in [1.165, 1.54) is 11.1 Å². The van der Waals surface area contributed by atoms with Crippen LogP contribution in [0.2, 0.25) is 0 Å². The second kappa shape index (κ2) is 8.53. The van der Waals surface area contributed by atoms with Crippen LogP contribution in [0.5, 0.6) is 0 Å². The summed E-state index contributed by atoms with van der Waals surface area (Å²) in [5, 5.41) is 0. The molecule has 0 saturated carbocycles. The molecule has 0 radical (unpaired) electrons. The van der Waals surface area contributed by atoms with Gasteiger partial charge in [-0.15, -0.1) is 0 Å². The van der Waals surface area contributed by atoms with Gasteiger partial charge in [0.2, 0.25) is 0 Å². The molecule has 0 heterocycles. The van der Waals surface area contributed by atoms with E-state index in [-0.39, 0.29) is 17.4 Å². The first-order valence-corrected chi connectivity index (χ1v) is 5.28. The fourth-order valence-electron chi connectivity index (χ4n) is 1.30. The number of hydrogen-bond donors (Lipinski definition) is 0. The van der Waals surface area contributed by atoms with E-state index >= 15 is 0 Å². The van der Waals surface area contributed by atoms with Crippen molar-refractivity contribution >= 4 is 0 Å². The minimum Gasteiger partial charge on any atom is -0.213 e. The van der Waals surface area contributed by atoms with Crippen LogP contribution < -0.4 is 0 Å². The topological polar surface area (TPSA) is 0 Å². The van der Waals surface area contributed by atoms with Crippen LogP contribution in [0.25, 0.3) is 0 Å². The molecule has 1 heteroatoms. The Bertz CT molecular complexity index is 269. The molecule has 2 rings (SSSR count). The Labute approximate surface area is 104 Å². The number of hydrogen-bond acceptors (Lipinski definition) is 0. The van der Waals surface area contributed by atoms with Crippen LogP contribution in [-0.2, 0) is 30.2 Å². The fraction of sp³-hybridized carbons (Fsp3) is 0.286. The molecule has 2 aromatic carbocycles. The van der Waals surface area contributed by atoms with Crippen molar-refractivity contribution < 1.29 is 17.4 Å². The standard InChI is InChI=1S/2C7H9.Cr/c2*1-2-7-5-3-4-6-7;/h2*3-6H,2H2,1H3;/q2*-1;+2. The molecule has 0 fully saturated rings. The zero-order valence-electron chi connectivity index (χ0n) is 9.44. The van der Waals surface area contributed by atoms with E-state index in [0.29, 0.717) is 0 Å². The van der Waals surface area contributed by atoms with Gasteiger partial charge in [-0.25, -0.2) is 24.3 Å². The maximum Gasteiger partial charge on any atom is 2.00 e. The molecule has 0 amide bonds. The van der Waals surface area contributed by atoms with Crippen molar-refractivity contribution in [3.8, 4) is 0 Å². The van der Waals surface area contributed by atoms with E-state index in [1.54, 1.807) is 0 Å². The van der Waals surface area contributed by atoms with Gasteiger partial charge in [-0.3, -0.25) is 0 Å². The molecule has 0 spiro atoms. The molecule has 0 unspecified atom stereocenters. The van der Waals surface area contributed by atoms with Crippen LogP contribution in [0.3, 0.4) is 0 Å². The van der Waals surface area contributed by atoms with Gasteiger partial charge in [0.1, 0.15) is 0 Å². The average molecular weight is 238 g/mol. The van der Waals surface area contributed by atoms with Crippen LogP contribution in [0, 0.1) is 0 Å². The van der Waals surface area contributed by atoms with Crippen molar-refractivity contribution in [2.45, 2.75) is 26.7 Å². The first-order valence-electron chi connectivity index (χ1n) is 5.28. The third-order valence-corrected chi connectivity index (χ3v) is 2.28. The van der Waals surface area contributed by atoms with Gasteiger partial charge in [-0.05, 0) is 0 Å². The van der Waals surface area contributed by atoms with Gasteiger partial charge in [0.25, 0.3) is 0 Å². The van der Waals surface area contributed by atoms with Crippen molar-refractivity contribution in [3.63, 3.8) is 0 Å². The van der Waals surface area contributed by atoms with Gasteiger partial charge in [0, 0.05) is 0 Å². The van der Waals surface area contributed by atoms with Gasteiger partial charge >= 0.3 is 17.4 Å². The van der Waals surface area contributed by atoms with Gasteiger partial charge in [0.05, 0.1) is 0 Å². The molecule has 0 aliphatic carbocycles. The smallest absolute Gasteiger partial charge is 0.213 e. The second-order valence-electron chi connectivity index (χ2n) is 3.29. The summed E-state index contributed by atoms with van der Waals surface area (Å²) in [7, 11) is 0. The van der Waals surface area contributed by atoms with Gasteiger partial charge in [-0.2, -0.15) is 35.4 Å². The molecule has 0 atom stereocenters. The van der Waals surface area contributed by atoms with Gasteiger partial charge in [-0.1, -0.05) is 26.7 Å². The van der Waals surface area contributed by atoms with Crippen molar-refractivity contribution in [1.29, 1.82) is 0 Å². The van der Waals surface area contributed by atoms with E-state index < -0.39 is 0 Å². The number of rotatable bonds is 2. The summed E-state index contributed by atoms with van der Waals surface area (Å²) in [5.74, 6) is 0. The molecule has 0 saturated heterocycles. The molecular formula is C14H18Cr. The SMILES string of the molecule is CC[c-]1cccc1.CC[c-]1cccc1.[Cr+2]. The van der Waals surface area contributed by atoms with E-state index in [9.17, 15) is 0 Å². The molecule has 0 aliphatic rings. The monoisotopic (exact) mass is 238 g/mol. The molecule has 0 bridgehead atoms. The summed E-state index contributed by atoms with van der Waals surface area (Å²) in [5.41, 5.74) is 2.86. The second-order valence-corrected chi connectivity index (χ2v) is 3.29. The Kier molecular flexibility index (Phi) is 8.10. The van der Waals surface area contributed by atoms with E-state index in [0.717, 1.165) is 12.8 Å². The average Bonchev–Trinajstić information content (AvgIpc) is 2.92. The molecule has 0 aromatic heterocycles. The maximum atomic E-state index is 2.16. The van der Waals surface area contributed by atoms with Crippen molar-refractivity contribution in [1.82, 2.24) is 0 Å². The van der Waals surface area contributed by atoms with Crippen molar-refractivity contribution in [2.24, 2.45) is 0 Å². The minimum absolute atomic E-state index is 0. The summed E-state index contributed by atoms with van der Waals surface area (Å²) in [6, 6.07) is 16.8. The molecule has 0 nitrogen and oxygen atoms in total. The summed E-state index contributed by atoms with van der Waals surface area (Å²) in [4.78, 5) is 0. The normalized spacial score (nSPS) is 8.67. The Morgan fingerprint density at radius 1 is 0.667 bits per heavy atom. The zero-order valence-corrected chi connectivity index (χ0v) is 10.7. The Hall–Kier alpha value is -0.768. The zero-order chi connectivity index (χ0) is 10.2. The van der Waals surface area contributed by atoms with Gasteiger partial charge in [0.15, 0.2) is 0 Å². The Morgan fingerprint density at radius 3 is 1.07 bits per heavy atom.